The molecule has 37 heavy (non-hydrogen) atoms. The second kappa shape index (κ2) is 10.6. The first-order valence-corrected chi connectivity index (χ1v) is 13.0. The number of aliphatic imine (C=N–C) groups is 1. The molecular weight excluding hydrogens is 460 g/mol. The van der Waals surface area contributed by atoms with Gasteiger partial charge >= 0.3 is 5.97 Å². The van der Waals surface area contributed by atoms with E-state index in [0.29, 0.717) is 0 Å². The van der Waals surface area contributed by atoms with Crippen molar-refractivity contribution in [1.82, 2.24) is 4.98 Å². The average molecular weight is 499 g/mol. The molecule has 1 aliphatic rings. The third kappa shape index (κ3) is 5.99. The number of hydrogen-bond donors (Lipinski definition) is 0. The molecule has 0 bridgehead atoms. The molecule has 1 atom stereocenters. The monoisotopic (exact) mass is 498 g/mol. The second-order valence-corrected chi connectivity index (χ2v) is 11.1. The molecule has 0 aliphatic carbocycles. The number of ether oxygens (including phenoxy) is 2. The number of fused-ring (bicyclic) bond motifs is 1. The number of hydrogen-bond acceptors (Lipinski definition) is 5. The van der Waals surface area contributed by atoms with E-state index < -0.39 is 17.7 Å². The van der Waals surface area contributed by atoms with Crippen molar-refractivity contribution in [2.24, 2.45) is 4.99 Å². The van der Waals surface area contributed by atoms with E-state index in [1.54, 1.807) is 0 Å². The summed E-state index contributed by atoms with van der Waals surface area (Å²) < 4.78 is 12.2. The molecular formula is C32H38N2O3. The maximum Gasteiger partial charge on any atom is 0.340 e. The first-order chi connectivity index (χ1) is 17.4. The SMILES string of the molecule is Cc1ccc(-c2c(-c3ccc4c(c3)CCN=C4)c(C)nc(C)c2C(OC(C)(C)C)C(=O)OC(C)C)cc1. The zero-order valence-electron chi connectivity index (χ0n) is 23.3. The summed E-state index contributed by atoms with van der Waals surface area (Å²) in [5.41, 5.74) is 9.50. The normalized spacial score (nSPS) is 14.0. The molecule has 4 rings (SSSR count). The molecule has 1 aromatic heterocycles. The Morgan fingerprint density at radius 3 is 2.24 bits per heavy atom. The summed E-state index contributed by atoms with van der Waals surface area (Å²) in [5, 5.41) is 0. The third-order valence-electron chi connectivity index (χ3n) is 6.42. The number of benzene rings is 2. The van der Waals surface area contributed by atoms with Gasteiger partial charge in [0, 0.05) is 35.3 Å². The summed E-state index contributed by atoms with van der Waals surface area (Å²) in [4.78, 5) is 23.0. The highest BCUT2D eigenvalue weighted by atomic mass is 16.6. The lowest BCUT2D eigenvalue weighted by molar-refractivity contribution is -0.171. The molecule has 194 valence electrons. The Balaban J connectivity index is 2.04. The van der Waals surface area contributed by atoms with Crippen molar-refractivity contribution in [1.29, 1.82) is 0 Å². The molecule has 5 heteroatoms. The Bertz CT molecular complexity index is 1330. The Kier molecular flexibility index (Phi) is 7.65. The number of esters is 1. The van der Waals surface area contributed by atoms with Crippen LogP contribution in [-0.4, -0.2) is 35.4 Å². The number of aryl methyl sites for hydroxylation is 3. The number of rotatable bonds is 6. The zero-order chi connectivity index (χ0) is 26.9. The van der Waals surface area contributed by atoms with Crippen molar-refractivity contribution in [3.05, 3.63) is 76.1 Å². The van der Waals surface area contributed by atoms with Crippen LogP contribution >= 0.6 is 0 Å². The number of carbonyl (C=O) groups is 1. The van der Waals surface area contributed by atoms with Gasteiger partial charge in [0.05, 0.1) is 11.7 Å². The highest BCUT2D eigenvalue weighted by Crippen LogP contribution is 2.43. The van der Waals surface area contributed by atoms with E-state index in [9.17, 15) is 4.79 Å². The molecule has 0 spiro atoms. The molecule has 5 nitrogen and oxygen atoms in total. The largest absolute Gasteiger partial charge is 0.461 e. The maximum atomic E-state index is 13.6. The van der Waals surface area contributed by atoms with Gasteiger partial charge in [0.2, 0.25) is 0 Å². The molecule has 1 unspecified atom stereocenters. The smallest absolute Gasteiger partial charge is 0.340 e. The number of aromatic nitrogens is 1. The summed E-state index contributed by atoms with van der Waals surface area (Å²) >= 11 is 0. The Labute approximate surface area is 221 Å². The van der Waals surface area contributed by atoms with E-state index >= 15 is 0 Å². The van der Waals surface area contributed by atoms with Crippen LogP contribution < -0.4 is 0 Å². The van der Waals surface area contributed by atoms with E-state index in [1.165, 1.54) is 11.1 Å². The highest BCUT2D eigenvalue weighted by Gasteiger charge is 2.35. The fraction of sp³-hybridized carbons (Fsp3) is 0.406. The lowest BCUT2D eigenvalue weighted by Crippen LogP contribution is -2.31. The zero-order valence-corrected chi connectivity index (χ0v) is 23.3. The Morgan fingerprint density at radius 2 is 1.59 bits per heavy atom. The van der Waals surface area contributed by atoms with E-state index in [1.807, 2.05) is 54.7 Å². The van der Waals surface area contributed by atoms with Crippen molar-refractivity contribution in [2.75, 3.05) is 6.54 Å². The van der Waals surface area contributed by atoms with Gasteiger partial charge in [0.25, 0.3) is 0 Å². The Morgan fingerprint density at radius 1 is 0.919 bits per heavy atom. The summed E-state index contributed by atoms with van der Waals surface area (Å²) in [6.45, 7) is 16.4. The molecule has 3 aromatic rings. The summed E-state index contributed by atoms with van der Waals surface area (Å²) in [6, 6.07) is 14.9. The van der Waals surface area contributed by atoms with Gasteiger partial charge in [-0.25, -0.2) is 4.79 Å². The van der Waals surface area contributed by atoms with E-state index in [4.69, 9.17) is 14.5 Å². The van der Waals surface area contributed by atoms with Gasteiger partial charge in [-0.05, 0) is 89.6 Å². The van der Waals surface area contributed by atoms with Gasteiger partial charge in [0.15, 0.2) is 6.10 Å². The first kappa shape index (κ1) is 26.7. The van der Waals surface area contributed by atoms with E-state index in [0.717, 1.165) is 57.7 Å². The van der Waals surface area contributed by atoms with Gasteiger partial charge in [0.1, 0.15) is 0 Å². The topological polar surface area (TPSA) is 60.8 Å². The van der Waals surface area contributed by atoms with Gasteiger partial charge in [-0.15, -0.1) is 0 Å². The molecule has 1 aliphatic heterocycles. The fourth-order valence-electron chi connectivity index (χ4n) is 4.88. The highest BCUT2D eigenvalue weighted by molar-refractivity contribution is 5.92. The van der Waals surface area contributed by atoms with Gasteiger partial charge < -0.3 is 9.47 Å². The van der Waals surface area contributed by atoms with Crippen molar-refractivity contribution < 1.29 is 14.3 Å². The van der Waals surface area contributed by atoms with Gasteiger partial charge in [-0.1, -0.05) is 48.0 Å². The van der Waals surface area contributed by atoms with Gasteiger partial charge in [-0.2, -0.15) is 0 Å². The summed E-state index contributed by atoms with van der Waals surface area (Å²) in [6.07, 6.45) is 1.67. The molecule has 0 fully saturated rings. The fourth-order valence-corrected chi connectivity index (χ4v) is 4.88. The minimum absolute atomic E-state index is 0.262. The summed E-state index contributed by atoms with van der Waals surface area (Å²) in [7, 11) is 0. The van der Waals surface area contributed by atoms with Crippen LogP contribution in [-0.2, 0) is 20.7 Å². The molecule has 0 amide bonds. The van der Waals surface area contributed by atoms with Crippen LogP contribution in [0, 0.1) is 20.8 Å². The van der Waals surface area contributed by atoms with E-state index in [-0.39, 0.29) is 6.10 Å². The van der Waals surface area contributed by atoms with Crippen molar-refractivity contribution in [3.63, 3.8) is 0 Å². The number of carbonyl (C=O) groups excluding carboxylic acids is 1. The maximum absolute atomic E-state index is 13.6. The molecule has 0 saturated carbocycles. The van der Waals surface area contributed by atoms with Crippen LogP contribution in [0.5, 0.6) is 0 Å². The molecule has 0 saturated heterocycles. The average Bonchev–Trinajstić information content (AvgIpc) is 2.81. The van der Waals surface area contributed by atoms with Crippen LogP contribution in [0.1, 0.15) is 74.4 Å². The van der Waals surface area contributed by atoms with Crippen LogP contribution in [0.2, 0.25) is 0 Å². The first-order valence-electron chi connectivity index (χ1n) is 13.0. The van der Waals surface area contributed by atoms with Crippen LogP contribution in [0.25, 0.3) is 22.3 Å². The van der Waals surface area contributed by atoms with E-state index in [2.05, 4.69) is 54.4 Å². The number of nitrogens with zero attached hydrogens (tertiary/aromatic N) is 2. The van der Waals surface area contributed by atoms with Gasteiger partial charge in [-0.3, -0.25) is 9.98 Å². The van der Waals surface area contributed by atoms with Crippen LogP contribution in [0.3, 0.4) is 0 Å². The lowest BCUT2D eigenvalue weighted by Gasteiger charge is -2.30. The third-order valence-corrected chi connectivity index (χ3v) is 6.42. The van der Waals surface area contributed by atoms with Crippen LogP contribution in [0.4, 0.5) is 0 Å². The minimum atomic E-state index is -0.921. The Hall–Kier alpha value is -3.31. The number of pyridine rings is 1. The summed E-state index contributed by atoms with van der Waals surface area (Å²) in [5.74, 6) is -0.403. The molecule has 2 heterocycles. The lowest BCUT2D eigenvalue weighted by atomic mass is 9.85. The molecule has 0 N–H and O–H groups in total. The van der Waals surface area contributed by atoms with Crippen molar-refractivity contribution in [2.45, 2.75) is 79.6 Å². The minimum Gasteiger partial charge on any atom is -0.461 e. The predicted octanol–water partition coefficient (Wildman–Crippen LogP) is 7.12. The molecule has 0 radical (unpaired) electrons. The van der Waals surface area contributed by atoms with Crippen LogP contribution in [0.15, 0.2) is 47.5 Å². The standard InChI is InChI=1S/C32H38N2O3/c1-19(2)36-31(35)30(37-32(6,7)8)28-22(5)34-21(4)27(29(28)23-11-9-20(3)10-12-23)25-13-14-26-18-33-16-15-24(26)17-25/h9-14,17-19,30H,15-16H2,1-8H3. The predicted molar refractivity (Wildman–Crippen MR) is 150 cm³/mol. The van der Waals surface area contributed by atoms with Crippen molar-refractivity contribution >= 4 is 12.2 Å². The quantitative estimate of drug-likeness (QED) is 0.339. The molecule has 2 aromatic carbocycles. The van der Waals surface area contributed by atoms with Crippen molar-refractivity contribution in [3.8, 4) is 22.3 Å². The second-order valence-electron chi connectivity index (χ2n) is 11.1.